The summed E-state index contributed by atoms with van der Waals surface area (Å²) in [4.78, 5) is 11.0. The highest BCUT2D eigenvalue weighted by molar-refractivity contribution is 5.87. The number of aliphatic hydroxyl groups is 1. The molecular formula is C17H18FN5O. The number of fused-ring (bicyclic) bond motifs is 1. The zero-order chi connectivity index (χ0) is 16.5. The number of benzene rings is 1. The minimum atomic E-state index is -0.224. The van der Waals surface area contributed by atoms with E-state index in [2.05, 4.69) is 20.0 Å². The summed E-state index contributed by atoms with van der Waals surface area (Å²) in [7, 11) is 0. The van der Waals surface area contributed by atoms with Crippen LogP contribution in [0.25, 0.3) is 11.0 Å². The first-order chi connectivity index (χ1) is 11.8. The highest BCUT2D eigenvalue weighted by atomic mass is 19.1. The molecule has 1 aromatic carbocycles. The molecule has 0 radical (unpaired) electrons. The molecule has 3 aromatic rings. The Labute approximate surface area is 138 Å². The Morgan fingerprint density at radius 3 is 2.83 bits per heavy atom. The lowest BCUT2D eigenvalue weighted by atomic mass is 10.0. The fraction of sp³-hybridized carbons (Fsp3) is 0.353. The summed E-state index contributed by atoms with van der Waals surface area (Å²) < 4.78 is 14.9. The number of aliphatic hydroxyl groups excluding tert-OH is 1. The van der Waals surface area contributed by atoms with Crippen LogP contribution in [-0.2, 0) is 6.54 Å². The van der Waals surface area contributed by atoms with Gasteiger partial charge in [0.2, 0.25) is 0 Å². The summed E-state index contributed by atoms with van der Waals surface area (Å²) in [6.07, 6.45) is 5.34. The van der Waals surface area contributed by atoms with Gasteiger partial charge in [-0.15, -0.1) is 0 Å². The lowest BCUT2D eigenvalue weighted by molar-refractivity contribution is 0.271. The molecule has 24 heavy (non-hydrogen) atoms. The van der Waals surface area contributed by atoms with E-state index >= 15 is 0 Å². The van der Waals surface area contributed by atoms with Crippen LogP contribution in [0.1, 0.15) is 24.4 Å². The van der Waals surface area contributed by atoms with Crippen molar-refractivity contribution in [2.75, 3.05) is 18.1 Å². The van der Waals surface area contributed by atoms with Crippen LogP contribution in [0, 0.1) is 5.82 Å². The minimum Gasteiger partial charge on any atom is -0.394 e. The fourth-order valence-electron chi connectivity index (χ4n) is 3.42. The van der Waals surface area contributed by atoms with Crippen LogP contribution in [-0.4, -0.2) is 38.0 Å². The highest BCUT2D eigenvalue weighted by Gasteiger charge is 2.29. The van der Waals surface area contributed by atoms with E-state index in [4.69, 9.17) is 5.11 Å². The van der Waals surface area contributed by atoms with Crippen molar-refractivity contribution in [3.63, 3.8) is 0 Å². The van der Waals surface area contributed by atoms with Gasteiger partial charge in [0.25, 0.3) is 0 Å². The number of rotatable bonds is 4. The molecule has 1 unspecified atom stereocenters. The lowest BCUT2D eigenvalue weighted by Crippen LogP contribution is -2.24. The molecule has 124 valence electrons. The van der Waals surface area contributed by atoms with Crippen LogP contribution in [0.2, 0.25) is 0 Å². The molecular weight excluding hydrogens is 309 g/mol. The zero-order valence-electron chi connectivity index (χ0n) is 13.1. The molecule has 1 fully saturated rings. The number of halogens is 1. The fourth-order valence-corrected chi connectivity index (χ4v) is 3.42. The normalized spacial score (nSPS) is 17.8. The van der Waals surface area contributed by atoms with Gasteiger partial charge in [0.1, 0.15) is 18.0 Å². The van der Waals surface area contributed by atoms with E-state index in [1.54, 1.807) is 10.9 Å². The quantitative estimate of drug-likeness (QED) is 0.796. The Balaban J connectivity index is 1.74. The Bertz CT molecular complexity index is 848. The predicted molar refractivity (Wildman–Crippen MR) is 88.1 cm³/mol. The molecule has 6 nitrogen and oxygen atoms in total. The first-order valence-electron chi connectivity index (χ1n) is 8.07. The Morgan fingerprint density at radius 2 is 2.04 bits per heavy atom. The highest BCUT2D eigenvalue weighted by Crippen LogP contribution is 2.37. The topological polar surface area (TPSA) is 67.1 Å². The molecule has 1 aliphatic heterocycles. The molecule has 7 heteroatoms. The largest absolute Gasteiger partial charge is 0.394 e. The molecule has 2 aromatic heterocycles. The predicted octanol–water partition coefficient (Wildman–Crippen LogP) is 2.30. The first-order valence-corrected chi connectivity index (χ1v) is 8.07. The van der Waals surface area contributed by atoms with Gasteiger partial charge in [-0.25, -0.2) is 19.0 Å². The second-order valence-electron chi connectivity index (χ2n) is 5.93. The molecule has 1 saturated heterocycles. The van der Waals surface area contributed by atoms with E-state index < -0.39 is 0 Å². The second kappa shape index (κ2) is 6.16. The van der Waals surface area contributed by atoms with Gasteiger partial charge in [0.05, 0.1) is 30.8 Å². The van der Waals surface area contributed by atoms with Crippen LogP contribution < -0.4 is 4.90 Å². The van der Waals surface area contributed by atoms with Crippen molar-refractivity contribution in [3.05, 3.63) is 48.2 Å². The van der Waals surface area contributed by atoms with E-state index in [0.29, 0.717) is 6.54 Å². The number of hydrogen-bond donors (Lipinski definition) is 1. The average Bonchev–Trinajstić information content (AvgIpc) is 3.23. The summed E-state index contributed by atoms with van der Waals surface area (Å²) >= 11 is 0. The maximum Gasteiger partial charge on any atom is 0.163 e. The van der Waals surface area contributed by atoms with E-state index in [1.807, 2.05) is 12.1 Å². The van der Waals surface area contributed by atoms with Gasteiger partial charge in [-0.1, -0.05) is 12.1 Å². The number of aromatic nitrogens is 4. The lowest BCUT2D eigenvalue weighted by Gasteiger charge is -2.26. The maximum atomic E-state index is 13.2. The van der Waals surface area contributed by atoms with Crippen molar-refractivity contribution in [2.24, 2.45) is 0 Å². The number of nitrogens with zero attached hydrogens (tertiary/aromatic N) is 5. The molecule has 0 saturated carbocycles. The van der Waals surface area contributed by atoms with Gasteiger partial charge in [-0.3, -0.25) is 0 Å². The van der Waals surface area contributed by atoms with Crippen LogP contribution >= 0.6 is 0 Å². The molecule has 0 spiro atoms. The van der Waals surface area contributed by atoms with Crippen molar-refractivity contribution in [2.45, 2.75) is 25.4 Å². The second-order valence-corrected chi connectivity index (χ2v) is 5.93. The van der Waals surface area contributed by atoms with Crippen molar-refractivity contribution >= 4 is 16.9 Å². The first kappa shape index (κ1) is 15.0. The van der Waals surface area contributed by atoms with E-state index in [1.165, 1.54) is 18.5 Å². The third kappa shape index (κ3) is 2.50. The average molecular weight is 327 g/mol. The van der Waals surface area contributed by atoms with Crippen LogP contribution in [0.3, 0.4) is 0 Å². The summed E-state index contributed by atoms with van der Waals surface area (Å²) in [5.74, 6) is 0.619. The maximum absolute atomic E-state index is 13.2. The Hall–Kier alpha value is -2.54. The van der Waals surface area contributed by atoms with Crippen LogP contribution in [0.5, 0.6) is 0 Å². The van der Waals surface area contributed by atoms with Crippen LogP contribution in [0.4, 0.5) is 10.2 Å². The third-order valence-electron chi connectivity index (χ3n) is 4.50. The van der Waals surface area contributed by atoms with Crippen molar-refractivity contribution in [1.82, 2.24) is 19.7 Å². The summed E-state index contributed by atoms with van der Waals surface area (Å²) in [6.45, 7) is 1.30. The van der Waals surface area contributed by atoms with Crippen LogP contribution in [0.15, 0.2) is 36.8 Å². The molecule has 1 N–H and O–H groups in total. The standard InChI is InChI=1S/C17H18FN5O/c18-13-5-3-12(4-6-13)15-2-1-7-22(15)16-14-10-21-23(8-9-24)17(14)20-11-19-16/h3-6,10-11,15,24H,1-2,7-9H2. The smallest absolute Gasteiger partial charge is 0.163 e. The van der Waals surface area contributed by atoms with Crippen molar-refractivity contribution in [1.29, 1.82) is 0 Å². The van der Waals surface area contributed by atoms with E-state index in [0.717, 1.165) is 41.8 Å². The molecule has 0 bridgehead atoms. The Morgan fingerprint density at radius 1 is 1.21 bits per heavy atom. The van der Waals surface area contributed by atoms with Crippen molar-refractivity contribution in [3.8, 4) is 0 Å². The van der Waals surface area contributed by atoms with Gasteiger partial charge < -0.3 is 10.0 Å². The molecule has 3 heterocycles. The SMILES string of the molecule is OCCn1ncc2c(N3CCCC3c3ccc(F)cc3)ncnc21. The molecule has 4 rings (SSSR count). The van der Waals surface area contributed by atoms with E-state index in [-0.39, 0.29) is 18.5 Å². The van der Waals surface area contributed by atoms with Gasteiger partial charge in [-0.2, -0.15) is 5.10 Å². The summed E-state index contributed by atoms with van der Waals surface area (Å²) in [5.41, 5.74) is 1.81. The summed E-state index contributed by atoms with van der Waals surface area (Å²) in [6, 6.07) is 6.85. The van der Waals surface area contributed by atoms with Gasteiger partial charge in [0, 0.05) is 6.54 Å². The van der Waals surface area contributed by atoms with Crippen molar-refractivity contribution < 1.29 is 9.50 Å². The third-order valence-corrected chi connectivity index (χ3v) is 4.50. The van der Waals surface area contributed by atoms with Gasteiger partial charge in [-0.05, 0) is 30.5 Å². The Kier molecular flexibility index (Phi) is 3.86. The van der Waals surface area contributed by atoms with Gasteiger partial charge >= 0.3 is 0 Å². The number of hydrogen-bond acceptors (Lipinski definition) is 5. The zero-order valence-corrected chi connectivity index (χ0v) is 13.1. The molecule has 1 atom stereocenters. The van der Waals surface area contributed by atoms with E-state index in [9.17, 15) is 4.39 Å². The molecule has 0 aliphatic carbocycles. The molecule has 1 aliphatic rings. The summed E-state index contributed by atoms with van der Waals surface area (Å²) in [5, 5.41) is 14.3. The van der Waals surface area contributed by atoms with Gasteiger partial charge in [0.15, 0.2) is 5.65 Å². The molecule has 0 amide bonds. The minimum absolute atomic E-state index is 0.0119. The number of anilines is 1. The monoisotopic (exact) mass is 327 g/mol.